The molecule has 4 heteroatoms. The van der Waals surface area contributed by atoms with Gasteiger partial charge in [-0.2, -0.15) is 0 Å². The monoisotopic (exact) mass is 324 g/mol. The van der Waals surface area contributed by atoms with Crippen LogP contribution < -0.4 is 5.32 Å². The van der Waals surface area contributed by atoms with Crippen LogP contribution in [-0.2, 0) is 11.3 Å². The second kappa shape index (κ2) is 8.29. The number of benzene rings is 2. The van der Waals surface area contributed by atoms with E-state index in [4.69, 9.17) is 0 Å². The predicted octanol–water partition coefficient (Wildman–Crippen LogP) is 3.20. The number of hydrogen-bond donors (Lipinski definition) is 1. The Morgan fingerprint density at radius 2 is 1.67 bits per heavy atom. The lowest BCUT2D eigenvalue weighted by Gasteiger charge is -2.20. The average Bonchev–Trinajstić information content (AvgIpc) is 2.62. The fourth-order valence-electron chi connectivity index (χ4n) is 2.59. The Morgan fingerprint density at radius 1 is 1.04 bits per heavy atom. The highest BCUT2D eigenvalue weighted by molar-refractivity contribution is 5.93. The highest BCUT2D eigenvalue weighted by Gasteiger charge is 2.15. The molecule has 24 heavy (non-hydrogen) atoms. The van der Waals surface area contributed by atoms with Gasteiger partial charge in [0.05, 0.1) is 0 Å². The van der Waals surface area contributed by atoms with Gasteiger partial charge in [0.2, 0.25) is 5.91 Å². The first-order valence-corrected chi connectivity index (χ1v) is 8.11. The van der Waals surface area contributed by atoms with Crippen molar-refractivity contribution >= 4 is 11.8 Å². The Bertz CT molecular complexity index is 681. The highest BCUT2D eigenvalue weighted by Crippen LogP contribution is 2.19. The minimum atomic E-state index is -0.109. The van der Waals surface area contributed by atoms with Crippen LogP contribution in [0.2, 0.25) is 0 Å². The van der Waals surface area contributed by atoms with E-state index in [1.807, 2.05) is 37.4 Å². The molecular weight excluding hydrogens is 300 g/mol. The van der Waals surface area contributed by atoms with Crippen LogP contribution in [0, 0.1) is 0 Å². The summed E-state index contributed by atoms with van der Waals surface area (Å²) in [7, 11) is 3.42. The Morgan fingerprint density at radius 3 is 2.25 bits per heavy atom. The number of nitrogens with one attached hydrogen (secondary N) is 1. The lowest BCUT2D eigenvalue weighted by Crippen LogP contribution is -2.27. The van der Waals surface area contributed by atoms with Gasteiger partial charge >= 0.3 is 0 Å². The fraction of sp³-hybridized carbons (Fsp3) is 0.300. The second-order valence-electron chi connectivity index (χ2n) is 6.04. The Kier molecular flexibility index (Phi) is 6.13. The van der Waals surface area contributed by atoms with Crippen LogP contribution in [-0.4, -0.2) is 30.8 Å². The molecule has 0 aliphatic carbocycles. The Hall–Kier alpha value is -2.62. The minimum Gasteiger partial charge on any atom is -0.355 e. The maximum atomic E-state index is 12.4. The third-order valence-electron chi connectivity index (χ3n) is 4.14. The molecule has 0 saturated carbocycles. The third kappa shape index (κ3) is 4.69. The van der Waals surface area contributed by atoms with Crippen LogP contribution in [0.15, 0.2) is 54.6 Å². The summed E-state index contributed by atoms with van der Waals surface area (Å²) in [6, 6.07) is 17.4. The number of amides is 2. The fourth-order valence-corrected chi connectivity index (χ4v) is 2.59. The number of nitrogens with zero attached hydrogens (tertiary/aromatic N) is 1. The maximum absolute atomic E-state index is 12.4. The molecule has 0 heterocycles. The molecule has 4 nitrogen and oxygen atoms in total. The van der Waals surface area contributed by atoms with Crippen molar-refractivity contribution in [2.45, 2.75) is 25.8 Å². The standard InChI is InChI=1S/C20H24N2O2/c1-15(17-7-5-4-6-8-17)13-19(23)22(3)14-16-9-11-18(12-10-16)20(24)21-2/h4-12,15H,13-14H2,1-3H3,(H,21,24)/t15-/m0/s1. The Labute approximate surface area is 143 Å². The molecule has 1 N–H and O–H groups in total. The van der Waals surface area contributed by atoms with Gasteiger partial charge in [0.1, 0.15) is 0 Å². The molecule has 1 atom stereocenters. The summed E-state index contributed by atoms with van der Waals surface area (Å²) < 4.78 is 0. The summed E-state index contributed by atoms with van der Waals surface area (Å²) in [5.74, 6) is 0.196. The number of carbonyl (C=O) groups excluding carboxylic acids is 2. The van der Waals surface area contributed by atoms with Gasteiger partial charge in [0.25, 0.3) is 5.91 Å². The van der Waals surface area contributed by atoms with Gasteiger partial charge in [0, 0.05) is 32.6 Å². The predicted molar refractivity (Wildman–Crippen MR) is 95.8 cm³/mol. The lowest BCUT2D eigenvalue weighted by molar-refractivity contribution is -0.130. The largest absolute Gasteiger partial charge is 0.355 e. The normalized spacial score (nSPS) is 11.6. The first kappa shape index (κ1) is 17.7. The van der Waals surface area contributed by atoms with Crippen molar-refractivity contribution in [3.8, 4) is 0 Å². The topological polar surface area (TPSA) is 49.4 Å². The average molecular weight is 324 g/mol. The van der Waals surface area contributed by atoms with Crippen molar-refractivity contribution in [1.29, 1.82) is 0 Å². The van der Waals surface area contributed by atoms with Gasteiger partial charge in [-0.05, 0) is 29.2 Å². The van der Waals surface area contributed by atoms with Crippen LogP contribution in [0.4, 0.5) is 0 Å². The molecule has 0 radical (unpaired) electrons. The van der Waals surface area contributed by atoms with E-state index >= 15 is 0 Å². The summed E-state index contributed by atoms with van der Waals surface area (Å²) in [6.45, 7) is 2.60. The van der Waals surface area contributed by atoms with E-state index in [0.29, 0.717) is 18.5 Å². The van der Waals surface area contributed by atoms with Gasteiger partial charge in [-0.15, -0.1) is 0 Å². The second-order valence-corrected chi connectivity index (χ2v) is 6.04. The van der Waals surface area contributed by atoms with Crippen molar-refractivity contribution in [3.05, 3.63) is 71.3 Å². The SMILES string of the molecule is CNC(=O)c1ccc(CN(C)C(=O)C[C@H](C)c2ccccc2)cc1. The molecule has 2 aromatic rings. The summed E-state index contributed by atoms with van der Waals surface area (Å²) in [5, 5.41) is 2.59. The van der Waals surface area contributed by atoms with E-state index in [2.05, 4.69) is 24.4 Å². The summed E-state index contributed by atoms with van der Waals surface area (Å²) in [5.41, 5.74) is 2.80. The number of carbonyl (C=O) groups is 2. The molecule has 0 fully saturated rings. The summed E-state index contributed by atoms with van der Waals surface area (Å²) in [4.78, 5) is 25.7. The molecule has 0 aliphatic rings. The van der Waals surface area contributed by atoms with Crippen molar-refractivity contribution in [2.75, 3.05) is 14.1 Å². The van der Waals surface area contributed by atoms with Gasteiger partial charge in [-0.25, -0.2) is 0 Å². The van der Waals surface area contributed by atoms with Crippen LogP contribution in [0.1, 0.15) is 40.7 Å². The molecular formula is C20H24N2O2. The zero-order valence-electron chi connectivity index (χ0n) is 14.5. The van der Waals surface area contributed by atoms with Crippen molar-refractivity contribution in [2.24, 2.45) is 0 Å². The number of rotatable bonds is 6. The van der Waals surface area contributed by atoms with Crippen LogP contribution >= 0.6 is 0 Å². The lowest BCUT2D eigenvalue weighted by atomic mass is 9.97. The molecule has 0 saturated heterocycles. The zero-order chi connectivity index (χ0) is 17.5. The van der Waals surface area contributed by atoms with Gasteiger partial charge < -0.3 is 10.2 Å². The van der Waals surface area contributed by atoms with Crippen LogP contribution in [0.3, 0.4) is 0 Å². The summed E-state index contributed by atoms with van der Waals surface area (Å²) in [6.07, 6.45) is 0.483. The molecule has 2 rings (SSSR count). The quantitative estimate of drug-likeness (QED) is 0.887. The van der Waals surface area contributed by atoms with E-state index in [9.17, 15) is 9.59 Å². The van der Waals surface area contributed by atoms with E-state index in [1.54, 1.807) is 24.1 Å². The van der Waals surface area contributed by atoms with Crippen LogP contribution in [0.5, 0.6) is 0 Å². The van der Waals surface area contributed by atoms with E-state index < -0.39 is 0 Å². The summed E-state index contributed by atoms with van der Waals surface area (Å²) >= 11 is 0. The molecule has 0 unspecified atom stereocenters. The minimum absolute atomic E-state index is 0.109. The van der Waals surface area contributed by atoms with Gasteiger partial charge in [-0.3, -0.25) is 9.59 Å². The smallest absolute Gasteiger partial charge is 0.251 e. The highest BCUT2D eigenvalue weighted by atomic mass is 16.2. The van der Waals surface area contributed by atoms with E-state index in [-0.39, 0.29) is 17.7 Å². The third-order valence-corrected chi connectivity index (χ3v) is 4.14. The first-order chi connectivity index (χ1) is 11.5. The molecule has 0 spiro atoms. The number of hydrogen-bond acceptors (Lipinski definition) is 2. The molecule has 0 bridgehead atoms. The first-order valence-electron chi connectivity index (χ1n) is 8.11. The van der Waals surface area contributed by atoms with Crippen molar-refractivity contribution in [3.63, 3.8) is 0 Å². The molecule has 2 amide bonds. The Balaban J connectivity index is 1.92. The maximum Gasteiger partial charge on any atom is 0.251 e. The van der Waals surface area contributed by atoms with Crippen molar-refractivity contribution in [1.82, 2.24) is 10.2 Å². The zero-order valence-corrected chi connectivity index (χ0v) is 14.5. The van der Waals surface area contributed by atoms with E-state index in [1.165, 1.54) is 5.56 Å². The van der Waals surface area contributed by atoms with Gasteiger partial charge in [-0.1, -0.05) is 49.4 Å². The van der Waals surface area contributed by atoms with Gasteiger partial charge in [0.15, 0.2) is 0 Å². The van der Waals surface area contributed by atoms with Crippen molar-refractivity contribution < 1.29 is 9.59 Å². The molecule has 0 aromatic heterocycles. The van der Waals surface area contributed by atoms with Crippen LogP contribution in [0.25, 0.3) is 0 Å². The molecule has 0 aliphatic heterocycles. The van der Waals surface area contributed by atoms with E-state index in [0.717, 1.165) is 5.56 Å². The molecule has 2 aromatic carbocycles. The molecule has 126 valence electrons.